The molecule has 0 saturated carbocycles. The van der Waals surface area contributed by atoms with Gasteiger partial charge in [0.05, 0.1) is 11.7 Å². The lowest BCUT2D eigenvalue weighted by molar-refractivity contribution is 0.0552. The molecule has 1 heterocycles. The summed E-state index contributed by atoms with van der Waals surface area (Å²) in [4.78, 5) is 32.7. The van der Waals surface area contributed by atoms with E-state index in [0.29, 0.717) is 17.3 Å². The van der Waals surface area contributed by atoms with E-state index in [9.17, 15) is 9.59 Å². The molecule has 0 aliphatic heterocycles. The van der Waals surface area contributed by atoms with Crippen LogP contribution in [0.4, 0.5) is 0 Å². The molecule has 4 rings (SSSR count). The summed E-state index contributed by atoms with van der Waals surface area (Å²) in [6.45, 7) is 3.85. The van der Waals surface area contributed by atoms with Crippen LogP contribution in [0.2, 0.25) is 0 Å². The van der Waals surface area contributed by atoms with E-state index in [1.54, 1.807) is 18.2 Å². The Hall–Kier alpha value is -3.90. The summed E-state index contributed by atoms with van der Waals surface area (Å²) < 4.78 is 1.48. The number of rotatable bonds is 10. The van der Waals surface area contributed by atoms with Gasteiger partial charge in [0.2, 0.25) is 5.43 Å². The number of nitrogens with two attached hydrogens (primary N) is 1. The molecule has 2 N–H and O–H groups in total. The average Bonchev–Trinajstić information content (AvgIpc) is 2.86. The fraction of sp³-hybridized carbons (Fsp3) is 0.241. The third-order valence-electron chi connectivity index (χ3n) is 6.06. The predicted octanol–water partition coefficient (Wildman–Crippen LogP) is 3.83. The molecule has 6 nitrogen and oxygen atoms in total. The summed E-state index contributed by atoms with van der Waals surface area (Å²) >= 11 is 0. The molecule has 0 bridgehead atoms. The third-order valence-corrected chi connectivity index (χ3v) is 6.06. The van der Waals surface area contributed by atoms with Gasteiger partial charge in [-0.05, 0) is 49.2 Å². The van der Waals surface area contributed by atoms with Crippen molar-refractivity contribution in [2.24, 2.45) is 5.73 Å². The molecule has 6 heteroatoms. The number of amides is 1. The first-order chi connectivity index (χ1) is 16.9. The summed E-state index contributed by atoms with van der Waals surface area (Å²) in [5, 5.41) is 0.400. The number of likely N-dealkylation sites (N-methyl/N-ethyl adjacent to an activating group) is 1. The number of carbonyl (C=O) groups is 1. The van der Waals surface area contributed by atoms with Crippen LogP contribution < -0.4 is 16.0 Å². The zero-order chi connectivity index (χ0) is 24.8. The normalized spacial score (nSPS) is 12.1. The largest absolute Gasteiger partial charge is 0.411 e. The van der Waals surface area contributed by atoms with E-state index in [-0.39, 0.29) is 17.1 Å². The topological polar surface area (TPSA) is 77.6 Å². The van der Waals surface area contributed by atoms with Crippen LogP contribution in [0, 0.1) is 0 Å². The Bertz CT molecular complexity index is 1350. The smallest absolute Gasteiger partial charge is 0.254 e. The summed E-state index contributed by atoms with van der Waals surface area (Å²) in [6.07, 6.45) is 2.90. The van der Waals surface area contributed by atoms with E-state index in [1.807, 2.05) is 19.1 Å². The van der Waals surface area contributed by atoms with Gasteiger partial charge >= 0.3 is 0 Å². The van der Waals surface area contributed by atoms with Crippen molar-refractivity contribution in [3.63, 3.8) is 0 Å². The molecule has 0 radical (unpaired) electrons. The third kappa shape index (κ3) is 6.16. The Kier molecular flexibility index (Phi) is 7.63. The van der Waals surface area contributed by atoms with E-state index < -0.39 is 5.91 Å². The average molecular weight is 470 g/mol. The number of benzene rings is 3. The van der Waals surface area contributed by atoms with Crippen molar-refractivity contribution in [2.45, 2.75) is 32.4 Å². The van der Waals surface area contributed by atoms with Gasteiger partial charge < -0.3 is 15.5 Å². The van der Waals surface area contributed by atoms with Gasteiger partial charge in [-0.1, -0.05) is 66.7 Å². The number of primary amides is 1. The summed E-state index contributed by atoms with van der Waals surface area (Å²) in [7, 11) is 2.14. The van der Waals surface area contributed by atoms with Gasteiger partial charge in [0.25, 0.3) is 5.91 Å². The van der Waals surface area contributed by atoms with Crippen LogP contribution >= 0.6 is 0 Å². The van der Waals surface area contributed by atoms with Crippen LogP contribution in [-0.2, 0) is 19.4 Å². The summed E-state index contributed by atoms with van der Waals surface area (Å²) in [6, 6.07) is 26.1. The second kappa shape index (κ2) is 11.0. The molecule has 3 aromatic carbocycles. The lowest BCUT2D eigenvalue weighted by Crippen LogP contribution is -2.29. The standard InChI is InChI=1S/C29H31N3O3/c1-21(35-32-20-26(29(30)34)28(33)25-10-6-7-11-27(25)32)18-23-12-14-24(15-13-23)19-31(2)17-16-22-8-4-3-5-9-22/h3-15,20-21H,16-19H2,1-2H3,(H2,30,34). The Morgan fingerprint density at radius 1 is 0.943 bits per heavy atom. The zero-order valence-corrected chi connectivity index (χ0v) is 20.2. The molecule has 0 aliphatic rings. The maximum Gasteiger partial charge on any atom is 0.254 e. The maximum atomic E-state index is 12.5. The van der Waals surface area contributed by atoms with Crippen molar-refractivity contribution in [2.75, 3.05) is 13.6 Å². The zero-order valence-electron chi connectivity index (χ0n) is 20.2. The van der Waals surface area contributed by atoms with Crippen LogP contribution in [0.5, 0.6) is 0 Å². The maximum absolute atomic E-state index is 12.5. The molecular weight excluding hydrogens is 438 g/mol. The van der Waals surface area contributed by atoms with Crippen LogP contribution in [0.3, 0.4) is 0 Å². The van der Waals surface area contributed by atoms with Gasteiger partial charge in [0.15, 0.2) is 0 Å². The van der Waals surface area contributed by atoms with E-state index >= 15 is 0 Å². The highest BCUT2D eigenvalue weighted by Crippen LogP contribution is 2.14. The molecule has 0 saturated heterocycles. The van der Waals surface area contributed by atoms with Crippen molar-refractivity contribution < 1.29 is 9.63 Å². The molecule has 4 aromatic rings. The first-order valence-corrected chi connectivity index (χ1v) is 11.8. The van der Waals surface area contributed by atoms with Crippen LogP contribution in [0.15, 0.2) is 89.9 Å². The van der Waals surface area contributed by atoms with E-state index in [1.165, 1.54) is 22.1 Å². The minimum atomic E-state index is -0.768. The van der Waals surface area contributed by atoms with E-state index in [2.05, 4.69) is 60.5 Å². The Balaban J connectivity index is 1.38. The number of nitrogens with zero attached hydrogens (tertiary/aromatic N) is 2. The molecule has 0 fully saturated rings. The quantitative estimate of drug-likeness (QED) is 0.383. The second-order valence-corrected chi connectivity index (χ2v) is 8.99. The molecule has 35 heavy (non-hydrogen) atoms. The van der Waals surface area contributed by atoms with Gasteiger partial charge in [0, 0.05) is 24.9 Å². The molecule has 0 aliphatic carbocycles. The Morgan fingerprint density at radius 3 is 2.31 bits per heavy atom. The monoisotopic (exact) mass is 469 g/mol. The lowest BCUT2D eigenvalue weighted by Gasteiger charge is -2.20. The molecule has 1 unspecified atom stereocenters. The number of hydrogen-bond donors (Lipinski definition) is 1. The number of para-hydroxylation sites is 1. The molecule has 1 amide bonds. The van der Waals surface area contributed by atoms with Crippen molar-refractivity contribution in [3.8, 4) is 0 Å². The van der Waals surface area contributed by atoms with Crippen molar-refractivity contribution in [1.82, 2.24) is 9.63 Å². The van der Waals surface area contributed by atoms with Crippen LogP contribution in [-0.4, -0.2) is 35.2 Å². The van der Waals surface area contributed by atoms with Gasteiger partial charge in [-0.3, -0.25) is 9.59 Å². The molecule has 1 aromatic heterocycles. The number of pyridine rings is 1. The number of aromatic nitrogens is 1. The van der Waals surface area contributed by atoms with Gasteiger partial charge in [-0.25, -0.2) is 0 Å². The van der Waals surface area contributed by atoms with Gasteiger partial charge in [-0.2, -0.15) is 4.73 Å². The summed E-state index contributed by atoms with van der Waals surface area (Å²) in [5.41, 5.74) is 9.30. The Labute approximate surface area is 205 Å². The minimum Gasteiger partial charge on any atom is -0.411 e. The predicted molar refractivity (Wildman–Crippen MR) is 139 cm³/mol. The van der Waals surface area contributed by atoms with Crippen LogP contribution in [0.1, 0.15) is 34.0 Å². The van der Waals surface area contributed by atoms with Crippen molar-refractivity contribution in [1.29, 1.82) is 0 Å². The lowest BCUT2D eigenvalue weighted by atomic mass is 10.1. The Morgan fingerprint density at radius 2 is 1.60 bits per heavy atom. The van der Waals surface area contributed by atoms with Gasteiger partial charge in [0.1, 0.15) is 11.7 Å². The molecule has 0 spiro atoms. The summed E-state index contributed by atoms with van der Waals surface area (Å²) in [5.74, 6) is -0.768. The molecule has 180 valence electrons. The van der Waals surface area contributed by atoms with Gasteiger partial charge in [-0.15, -0.1) is 0 Å². The van der Waals surface area contributed by atoms with Crippen molar-refractivity contribution in [3.05, 3.63) is 118 Å². The first-order valence-electron chi connectivity index (χ1n) is 11.8. The first kappa shape index (κ1) is 24.2. The highest BCUT2D eigenvalue weighted by atomic mass is 16.7. The van der Waals surface area contributed by atoms with Crippen molar-refractivity contribution >= 4 is 16.8 Å². The second-order valence-electron chi connectivity index (χ2n) is 8.99. The number of hydrogen-bond acceptors (Lipinski definition) is 4. The number of carbonyl (C=O) groups excluding carboxylic acids is 1. The number of fused-ring (bicyclic) bond motifs is 1. The fourth-order valence-corrected chi connectivity index (χ4v) is 4.21. The minimum absolute atomic E-state index is 0.0864. The highest BCUT2D eigenvalue weighted by molar-refractivity contribution is 5.96. The van der Waals surface area contributed by atoms with Crippen LogP contribution in [0.25, 0.3) is 10.9 Å². The molecule has 1 atom stereocenters. The van der Waals surface area contributed by atoms with E-state index in [4.69, 9.17) is 10.6 Å². The van der Waals surface area contributed by atoms with E-state index in [0.717, 1.165) is 25.1 Å². The molecular formula is C29H31N3O3. The highest BCUT2D eigenvalue weighted by Gasteiger charge is 2.15. The SMILES string of the molecule is CC(Cc1ccc(CN(C)CCc2ccccc2)cc1)On1cc(C(N)=O)c(=O)c2ccccc21. The fourth-order valence-electron chi connectivity index (χ4n) is 4.21.